The van der Waals surface area contributed by atoms with Crippen LogP contribution in [0.1, 0.15) is 40.5 Å². The summed E-state index contributed by atoms with van der Waals surface area (Å²) in [5, 5.41) is 3.56. The molecule has 4 nitrogen and oxygen atoms in total. The first-order valence-electron chi connectivity index (χ1n) is 8.16. The molecule has 0 spiro atoms. The lowest BCUT2D eigenvalue weighted by Gasteiger charge is -2.35. The smallest absolute Gasteiger partial charge is 0.171 e. The van der Waals surface area contributed by atoms with Gasteiger partial charge in [0.05, 0.1) is 6.10 Å². The Morgan fingerprint density at radius 3 is 2.90 bits per heavy atom. The molecular weight excluding hydrogens is 262 g/mol. The van der Waals surface area contributed by atoms with Gasteiger partial charge in [0.25, 0.3) is 0 Å². The van der Waals surface area contributed by atoms with E-state index in [1.54, 1.807) is 0 Å². The van der Waals surface area contributed by atoms with E-state index in [9.17, 15) is 0 Å². The Hall–Kier alpha value is -1.29. The summed E-state index contributed by atoms with van der Waals surface area (Å²) in [6.07, 6.45) is 4.56. The zero-order valence-corrected chi connectivity index (χ0v) is 13.8. The molecule has 1 aliphatic heterocycles. The molecule has 0 bridgehead atoms. The summed E-state index contributed by atoms with van der Waals surface area (Å²) in [6.45, 7) is 11.7. The Bertz CT molecular complexity index is 434. The molecule has 0 radical (unpaired) electrons. The monoisotopic (exact) mass is 291 g/mol. The number of nitrogens with zero attached hydrogens (tertiary/aromatic N) is 2. The van der Waals surface area contributed by atoms with Crippen LogP contribution in [0.5, 0.6) is 5.75 Å². The molecular formula is C17H29N3O. The van der Waals surface area contributed by atoms with Gasteiger partial charge in [-0.3, -0.25) is 0 Å². The second-order valence-electron chi connectivity index (χ2n) is 6.51. The Morgan fingerprint density at radius 1 is 1.38 bits per heavy atom. The zero-order valence-electron chi connectivity index (χ0n) is 13.8. The fraction of sp³-hybridized carbons (Fsp3) is 0.706. The van der Waals surface area contributed by atoms with Crippen LogP contribution in [0, 0.1) is 5.92 Å². The molecule has 0 saturated carbocycles. The van der Waals surface area contributed by atoms with E-state index in [1.165, 1.54) is 12.8 Å². The van der Waals surface area contributed by atoms with Crippen LogP contribution in [-0.4, -0.2) is 36.8 Å². The highest BCUT2D eigenvalue weighted by atomic mass is 16.5. The summed E-state index contributed by atoms with van der Waals surface area (Å²) in [5.74, 6) is 2.60. The number of hydrogen-bond donors (Lipinski definition) is 1. The molecule has 1 N–H and O–H groups in total. The Kier molecular flexibility index (Phi) is 5.85. The third-order valence-electron chi connectivity index (χ3n) is 3.75. The van der Waals surface area contributed by atoms with Gasteiger partial charge in [-0.05, 0) is 51.3 Å². The number of nitrogens with one attached hydrogen (secondary N) is 1. The van der Waals surface area contributed by atoms with Crippen LogP contribution in [-0.2, 0) is 0 Å². The van der Waals surface area contributed by atoms with Crippen molar-refractivity contribution in [2.75, 3.05) is 24.5 Å². The van der Waals surface area contributed by atoms with Crippen molar-refractivity contribution in [3.8, 4) is 5.75 Å². The fourth-order valence-corrected chi connectivity index (χ4v) is 2.79. The molecule has 2 rings (SSSR count). The van der Waals surface area contributed by atoms with Gasteiger partial charge in [-0.2, -0.15) is 0 Å². The summed E-state index contributed by atoms with van der Waals surface area (Å²) >= 11 is 0. The molecule has 2 heterocycles. The molecule has 0 aromatic carbocycles. The molecule has 4 heteroatoms. The van der Waals surface area contributed by atoms with Crippen LogP contribution in [0.15, 0.2) is 18.3 Å². The summed E-state index contributed by atoms with van der Waals surface area (Å²) < 4.78 is 5.91. The number of rotatable bonds is 6. The van der Waals surface area contributed by atoms with Crippen molar-refractivity contribution in [3.63, 3.8) is 0 Å². The van der Waals surface area contributed by atoms with Crippen LogP contribution < -0.4 is 15.0 Å². The highest BCUT2D eigenvalue weighted by Crippen LogP contribution is 2.29. The summed E-state index contributed by atoms with van der Waals surface area (Å²) in [4.78, 5) is 6.95. The van der Waals surface area contributed by atoms with E-state index in [2.05, 4.69) is 42.9 Å². The molecule has 1 aromatic rings. The van der Waals surface area contributed by atoms with Crippen molar-refractivity contribution >= 4 is 5.82 Å². The van der Waals surface area contributed by atoms with Gasteiger partial charge in [-0.1, -0.05) is 13.8 Å². The maximum Gasteiger partial charge on any atom is 0.171 e. The number of pyridine rings is 1. The van der Waals surface area contributed by atoms with Crippen LogP contribution in [0.4, 0.5) is 5.82 Å². The number of anilines is 1. The van der Waals surface area contributed by atoms with Crippen molar-refractivity contribution < 1.29 is 4.74 Å². The molecule has 0 aliphatic carbocycles. The van der Waals surface area contributed by atoms with Crippen LogP contribution >= 0.6 is 0 Å². The Balaban J connectivity index is 2.03. The van der Waals surface area contributed by atoms with Crippen molar-refractivity contribution in [2.24, 2.45) is 5.92 Å². The van der Waals surface area contributed by atoms with E-state index in [0.717, 1.165) is 31.2 Å². The summed E-state index contributed by atoms with van der Waals surface area (Å²) in [6, 6.07) is 4.52. The maximum atomic E-state index is 5.91. The van der Waals surface area contributed by atoms with Crippen molar-refractivity contribution in [1.29, 1.82) is 0 Å². The van der Waals surface area contributed by atoms with E-state index in [1.807, 2.05) is 18.3 Å². The second kappa shape index (κ2) is 7.64. The van der Waals surface area contributed by atoms with Gasteiger partial charge in [0, 0.05) is 25.3 Å². The first-order chi connectivity index (χ1) is 10.1. The summed E-state index contributed by atoms with van der Waals surface area (Å²) in [5.41, 5.74) is 0. The summed E-state index contributed by atoms with van der Waals surface area (Å²) in [7, 11) is 0. The van der Waals surface area contributed by atoms with Gasteiger partial charge in [-0.15, -0.1) is 0 Å². The molecule has 1 atom stereocenters. The van der Waals surface area contributed by atoms with Crippen molar-refractivity contribution in [1.82, 2.24) is 10.3 Å². The lowest BCUT2D eigenvalue weighted by molar-refractivity contribution is 0.241. The van der Waals surface area contributed by atoms with Crippen LogP contribution in [0.2, 0.25) is 0 Å². The minimum Gasteiger partial charge on any atom is -0.487 e. The SMILES string of the molecule is CC(C)NCC1CCCN(c2ncccc2OC(C)C)C1. The standard InChI is InChI=1S/C17H29N3O/c1-13(2)19-11-15-7-6-10-20(12-15)17-16(21-14(3)4)8-5-9-18-17/h5,8-9,13-15,19H,6-7,10-12H2,1-4H3. The topological polar surface area (TPSA) is 37.4 Å². The minimum absolute atomic E-state index is 0.177. The number of ether oxygens (including phenoxy) is 1. The highest BCUT2D eigenvalue weighted by Gasteiger charge is 2.23. The van der Waals surface area contributed by atoms with Crippen molar-refractivity contribution in [2.45, 2.75) is 52.7 Å². The van der Waals surface area contributed by atoms with E-state index >= 15 is 0 Å². The Morgan fingerprint density at radius 2 is 2.19 bits per heavy atom. The lowest BCUT2D eigenvalue weighted by atomic mass is 9.97. The molecule has 1 unspecified atom stereocenters. The zero-order chi connectivity index (χ0) is 15.2. The molecule has 1 fully saturated rings. The quantitative estimate of drug-likeness (QED) is 0.874. The van der Waals surface area contributed by atoms with Crippen LogP contribution in [0.25, 0.3) is 0 Å². The average Bonchev–Trinajstić information content (AvgIpc) is 2.45. The normalized spacial score (nSPS) is 19.3. The molecule has 21 heavy (non-hydrogen) atoms. The molecule has 1 aliphatic rings. The third-order valence-corrected chi connectivity index (χ3v) is 3.75. The average molecular weight is 291 g/mol. The fourth-order valence-electron chi connectivity index (χ4n) is 2.79. The first-order valence-corrected chi connectivity index (χ1v) is 8.16. The van der Waals surface area contributed by atoms with Gasteiger partial charge in [0.15, 0.2) is 11.6 Å². The molecule has 118 valence electrons. The molecule has 0 amide bonds. The maximum absolute atomic E-state index is 5.91. The predicted molar refractivity (Wildman–Crippen MR) is 88.1 cm³/mol. The van der Waals surface area contributed by atoms with Gasteiger partial charge in [0.1, 0.15) is 0 Å². The highest BCUT2D eigenvalue weighted by molar-refractivity contribution is 5.52. The largest absolute Gasteiger partial charge is 0.487 e. The van der Waals surface area contributed by atoms with Gasteiger partial charge in [0.2, 0.25) is 0 Å². The minimum atomic E-state index is 0.177. The van der Waals surface area contributed by atoms with E-state index in [0.29, 0.717) is 12.0 Å². The predicted octanol–water partition coefficient (Wildman–Crippen LogP) is 3.08. The van der Waals surface area contributed by atoms with E-state index < -0.39 is 0 Å². The number of aromatic nitrogens is 1. The molecule has 1 aromatic heterocycles. The number of piperidine rings is 1. The third kappa shape index (κ3) is 4.88. The second-order valence-corrected chi connectivity index (χ2v) is 6.51. The van der Waals surface area contributed by atoms with Crippen LogP contribution in [0.3, 0.4) is 0 Å². The first kappa shape index (κ1) is 16.1. The van der Waals surface area contributed by atoms with E-state index in [4.69, 9.17) is 4.74 Å². The van der Waals surface area contributed by atoms with Gasteiger partial charge >= 0.3 is 0 Å². The van der Waals surface area contributed by atoms with Crippen molar-refractivity contribution in [3.05, 3.63) is 18.3 Å². The lowest BCUT2D eigenvalue weighted by Crippen LogP contribution is -2.41. The Labute approximate surface area is 128 Å². The van der Waals surface area contributed by atoms with Gasteiger partial charge in [-0.25, -0.2) is 4.98 Å². The number of hydrogen-bond acceptors (Lipinski definition) is 4. The molecule has 1 saturated heterocycles. The van der Waals surface area contributed by atoms with E-state index in [-0.39, 0.29) is 6.10 Å². The van der Waals surface area contributed by atoms with Gasteiger partial charge < -0.3 is 15.0 Å².